The van der Waals surface area contributed by atoms with E-state index in [1.54, 1.807) is 0 Å². The lowest BCUT2D eigenvalue weighted by atomic mass is 9.76. The van der Waals surface area contributed by atoms with Gasteiger partial charge in [0.2, 0.25) is 0 Å². The Labute approximate surface area is 117 Å². The highest BCUT2D eigenvalue weighted by molar-refractivity contribution is 5.65. The van der Waals surface area contributed by atoms with Gasteiger partial charge in [0.15, 0.2) is 0 Å². The molecule has 0 radical (unpaired) electrons. The zero-order valence-corrected chi connectivity index (χ0v) is 12.9. The van der Waals surface area contributed by atoms with Crippen molar-refractivity contribution < 1.29 is 9.53 Å². The minimum atomic E-state index is -0.662. The molecule has 1 saturated carbocycles. The Morgan fingerprint density at radius 3 is 2.21 bits per heavy atom. The lowest BCUT2D eigenvalue weighted by molar-refractivity contribution is 0.0194. The van der Waals surface area contributed by atoms with Crippen LogP contribution in [0, 0.1) is 11.8 Å². The Balaban J connectivity index is 2.28. The van der Waals surface area contributed by atoms with Crippen molar-refractivity contribution in [1.82, 2.24) is 4.90 Å². The van der Waals surface area contributed by atoms with Crippen LogP contribution in [0.3, 0.4) is 0 Å². The van der Waals surface area contributed by atoms with E-state index in [0.29, 0.717) is 5.92 Å². The number of amides is 1. The molecule has 1 rings (SSSR count). The molecule has 4 nitrogen and oxygen atoms in total. The largest absolute Gasteiger partial charge is 0.444 e. The molecule has 0 aliphatic heterocycles. The van der Waals surface area contributed by atoms with Gasteiger partial charge in [-0.1, -0.05) is 25.7 Å². The normalized spacial score (nSPS) is 24.5. The number of carbonyl (C=O) groups is 1. The third-order valence-corrected chi connectivity index (χ3v) is 4.11. The first-order valence-corrected chi connectivity index (χ1v) is 7.41. The monoisotopic (exact) mass is 270 g/mol. The van der Waals surface area contributed by atoms with Gasteiger partial charge in [0.25, 0.3) is 0 Å². The Kier molecular flexibility index (Phi) is 6.11. The molecule has 0 atom stereocenters. The molecule has 0 unspecified atom stereocenters. The number of hydrogen-bond acceptors (Lipinski definition) is 3. The molecule has 1 fully saturated rings. The maximum absolute atomic E-state index is 10.9. The van der Waals surface area contributed by atoms with Crippen molar-refractivity contribution in [2.45, 2.75) is 58.0 Å². The Morgan fingerprint density at radius 2 is 1.74 bits per heavy atom. The number of primary amides is 1. The van der Waals surface area contributed by atoms with Gasteiger partial charge in [-0.2, -0.15) is 0 Å². The molecule has 19 heavy (non-hydrogen) atoms. The summed E-state index contributed by atoms with van der Waals surface area (Å²) in [6.07, 6.45) is 6.70. The van der Waals surface area contributed by atoms with Gasteiger partial charge in [0.05, 0.1) is 0 Å². The fourth-order valence-corrected chi connectivity index (χ4v) is 3.17. The number of nitrogens with two attached hydrogens (primary N) is 1. The van der Waals surface area contributed by atoms with E-state index in [1.165, 1.54) is 38.6 Å². The third kappa shape index (κ3) is 6.81. The standard InChI is InChI=1S/C15H30N2O2/c1-15(2,19-14(16)18)11-13-7-5-12(6-8-13)9-10-17(3)4/h12-13H,5-11H2,1-4H3,(H2,16,18). The number of rotatable bonds is 6. The first-order chi connectivity index (χ1) is 8.78. The summed E-state index contributed by atoms with van der Waals surface area (Å²) in [5, 5.41) is 0. The Hall–Kier alpha value is -0.770. The lowest BCUT2D eigenvalue weighted by Gasteiger charge is -2.34. The molecule has 1 amide bonds. The molecule has 112 valence electrons. The molecule has 1 aliphatic rings. The van der Waals surface area contributed by atoms with Gasteiger partial charge >= 0.3 is 6.09 Å². The molecule has 2 N–H and O–H groups in total. The van der Waals surface area contributed by atoms with Crippen LogP contribution in [-0.2, 0) is 4.74 Å². The smallest absolute Gasteiger partial charge is 0.405 e. The van der Waals surface area contributed by atoms with Crippen molar-refractivity contribution in [2.75, 3.05) is 20.6 Å². The van der Waals surface area contributed by atoms with Crippen molar-refractivity contribution in [3.63, 3.8) is 0 Å². The van der Waals surface area contributed by atoms with E-state index in [0.717, 1.165) is 12.3 Å². The molecule has 0 saturated heterocycles. The molecule has 0 bridgehead atoms. The van der Waals surface area contributed by atoms with E-state index in [2.05, 4.69) is 19.0 Å². The van der Waals surface area contributed by atoms with Crippen LogP contribution < -0.4 is 5.73 Å². The minimum absolute atomic E-state index is 0.424. The highest BCUT2D eigenvalue weighted by atomic mass is 16.6. The fourth-order valence-electron chi connectivity index (χ4n) is 3.17. The summed E-state index contributed by atoms with van der Waals surface area (Å²) in [5.74, 6) is 1.55. The van der Waals surface area contributed by atoms with Crippen LogP contribution in [0.5, 0.6) is 0 Å². The van der Waals surface area contributed by atoms with Crippen molar-refractivity contribution in [1.29, 1.82) is 0 Å². The highest BCUT2D eigenvalue weighted by Crippen LogP contribution is 2.36. The summed E-state index contributed by atoms with van der Waals surface area (Å²) in [7, 11) is 4.27. The number of nitrogens with zero attached hydrogens (tertiary/aromatic N) is 1. The quantitative estimate of drug-likeness (QED) is 0.807. The first-order valence-electron chi connectivity index (χ1n) is 7.41. The van der Waals surface area contributed by atoms with Crippen LogP contribution in [0.25, 0.3) is 0 Å². The highest BCUT2D eigenvalue weighted by Gasteiger charge is 2.29. The van der Waals surface area contributed by atoms with E-state index in [1.807, 2.05) is 13.8 Å². The van der Waals surface area contributed by atoms with Crippen LogP contribution in [0.1, 0.15) is 52.4 Å². The molecule has 0 heterocycles. The molecule has 4 heteroatoms. The van der Waals surface area contributed by atoms with Crippen LogP contribution in [0.4, 0.5) is 4.79 Å². The SMILES string of the molecule is CN(C)CCC1CCC(CC(C)(C)OC(N)=O)CC1. The molecule has 1 aliphatic carbocycles. The van der Waals surface area contributed by atoms with Crippen LogP contribution in [0.15, 0.2) is 0 Å². The van der Waals surface area contributed by atoms with Crippen molar-refractivity contribution in [3.05, 3.63) is 0 Å². The maximum Gasteiger partial charge on any atom is 0.405 e. The van der Waals surface area contributed by atoms with Gasteiger partial charge in [-0.3, -0.25) is 0 Å². The van der Waals surface area contributed by atoms with E-state index < -0.39 is 11.7 Å². The van der Waals surface area contributed by atoms with Gasteiger partial charge in [-0.15, -0.1) is 0 Å². The number of hydrogen-bond donors (Lipinski definition) is 1. The topological polar surface area (TPSA) is 55.6 Å². The molecule has 0 spiro atoms. The third-order valence-electron chi connectivity index (χ3n) is 4.11. The average molecular weight is 270 g/mol. The minimum Gasteiger partial charge on any atom is -0.444 e. The molecular weight excluding hydrogens is 240 g/mol. The van der Waals surface area contributed by atoms with E-state index in [9.17, 15) is 4.79 Å². The molecule has 0 aromatic heterocycles. The summed E-state index contributed by atoms with van der Waals surface area (Å²) in [6, 6.07) is 0. The molecule has 0 aromatic carbocycles. The lowest BCUT2D eigenvalue weighted by Crippen LogP contribution is -2.34. The molecular formula is C15H30N2O2. The predicted molar refractivity (Wildman–Crippen MR) is 78.0 cm³/mol. The summed E-state index contributed by atoms with van der Waals surface area (Å²) >= 11 is 0. The van der Waals surface area contributed by atoms with Crippen LogP contribution in [-0.4, -0.2) is 37.2 Å². The van der Waals surface area contributed by atoms with Crippen molar-refractivity contribution in [3.8, 4) is 0 Å². The summed E-state index contributed by atoms with van der Waals surface area (Å²) in [4.78, 5) is 13.1. The van der Waals surface area contributed by atoms with E-state index in [-0.39, 0.29) is 0 Å². The Bertz CT molecular complexity index is 282. The molecule has 0 aromatic rings. The second kappa shape index (κ2) is 7.13. The van der Waals surface area contributed by atoms with Gasteiger partial charge in [0, 0.05) is 0 Å². The zero-order valence-electron chi connectivity index (χ0n) is 12.9. The van der Waals surface area contributed by atoms with Gasteiger partial charge in [-0.25, -0.2) is 4.79 Å². The van der Waals surface area contributed by atoms with Crippen LogP contribution >= 0.6 is 0 Å². The van der Waals surface area contributed by atoms with Gasteiger partial charge < -0.3 is 15.4 Å². The van der Waals surface area contributed by atoms with E-state index in [4.69, 9.17) is 10.5 Å². The van der Waals surface area contributed by atoms with E-state index >= 15 is 0 Å². The van der Waals surface area contributed by atoms with Gasteiger partial charge in [-0.05, 0) is 59.2 Å². The first kappa shape index (κ1) is 16.3. The average Bonchev–Trinajstić information content (AvgIpc) is 2.25. The number of ether oxygens (including phenoxy) is 1. The second-order valence-electron chi connectivity index (χ2n) is 6.86. The van der Waals surface area contributed by atoms with Crippen molar-refractivity contribution in [2.24, 2.45) is 17.6 Å². The summed E-state index contributed by atoms with van der Waals surface area (Å²) in [5.41, 5.74) is 4.68. The maximum atomic E-state index is 10.9. The summed E-state index contributed by atoms with van der Waals surface area (Å²) in [6.45, 7) is 5.09. The second-order valence-corrected chi connectivity index (χ2v) is 6.86. The van der Waals surface area contributed by atoms with Crippen LogP contribution in [0.2, 0.25) is 0 Å². The Morgan fingerprint density at radius 1 is 1.21 bits per heavy atom. The zero-order chi connectivity index (χ0) is 14.5. The van der Waals surface area contributed by atoms with Gasteiger partial charge in [0.1, 0.15) is 5.60 Å². The predicted octanol–water partition coefficient (Wildman–Crippen LogP) is 3.01. The number of carbonyl (C=O) groups excluding carboxylic acids is 1. The fraction of sp³-hybridized carbons (Fsp3) is 0.933. The summed E-state index contributed by atoms with van der Waals surface area (Å²) < 4.78 is 5.18. The van der Waals surface area contributed by atoms with Crippen molar-refractivity contribution >= 4 is 6.09 Å².